The average molecular weight is 290 g/mol. The Morgan fingerprint density at radius 1 is 1.24 bits per heavy atom. The summed E-state index contributed by atoms with van der Waals surface area (Å²) >= 11 is 0. The molecule has 0 unspecified atom stereocenters. The fourth-order valence-corrected chi connectivity index (χ4v) is 1.64. The number of nitrogens with two attached hydrogens (primary N) is 1. The van der Waals surface area contributed by atoms with Gasteiger partial charge in [0.25, 0.3) is 0 Å². The Balaban J connectivity index is 1.95. The molecule has 0 bridgehead atoms. The van der Waals surface area contributed by atoms with Crippen LogP contribution in [0.15, 0.2) is 36.7 Å². The van der Waals surface area contributed by atoms with Crippen LogP contribution in [0, 0.1) is 10.1 Å². The van der Waals surface area contributed by atoms with Crippen molar-refractivity contribution in [2.45, 2.75) is 0 Å². The van der Waals surface area contributed by atoms with Crippen molar-refractivity contribution in [2.24, 2.45) is 5.84 Å². The first-order valence-corrected chi connectivity index (χ1v) is 6.10. The Hall–Kier alpha value is -2.94. The van der Waals surface area contributed by atoms with Gasteiger partial charge in [-0.05, 0) is 12.1 Å². The summed E-state index contributed by atoms with van der Waals surface area (Å²) in [6.07, 6.45) is 1.18. The topological polar surface area (TPSA) is 128 Å². The monoisotopic (exact) mass is 290 g/mol. The van der Waals surface area contributed by atoms with E-state index >= 15 is 0 Å². The molecular formula is C12H14N6O3. The lowest BCUT2D eigenvalue weighted by molar-refractivity contribution is -0.383. The molecule has 0 aliphatic carbocycles. The van der Waals surface area contributed by atoms with Gasteiger partial charge in [0.1, 0.15) is 18.7 Å². The molecule has 110 valence electrons. The summed E-state index contributed by atoms with van der Waals surface area (Å²) in [6, 6.07) is 9.25. The molecule has 0 aliphatic rings. The maximum atomic E-state index is 11.0. The molecule has 2 aromatic rings. The lowest BCUT2D eigenvalue weighted by Gasteiger charge is -2.09. The van der Waals surface area contributed by atoms with Gasteiger partial charge in [-0.15, -0.1) is 0 Å². The third-order valence-corrected chi connectivity index (χ3v) is 2.55. The molecule has 0 atom stereocenters. The van der Waals surface area contributed by atoms with Gasteiger partial charge >= 0.3 is 5.69 Å². The lowest BCUT2D eigenvalue weighted by Crippen LogP contribution is -2.16. The van der Waals surface area contributed by atoms with E-state index in [1.54, 1.807) is 0 Å². The van der Waals surface area contributed by atoms with Crippen LogP contribution in [0.5, 0.6) is 5.75 Å². The highest BCUT2D eigenvalue weighted by molar-refractivity contribution is 5.68. The maximum Gasteiger partial charge on any atom is 0.354 e. The number of hydrogen-bond donors (Lipinski definition) is 3. The lowest BCUT2D eigenvalue weighted by atomic mass is 10.3. The molecule has 0 saturated carbocycles. The van der Waals surface area contributed by atoms with Gasteiger partial charge < -0.3 is 15.5 Å². The van der Waals surface area contributed by atoms with Crippen LogP contribution in [0.4, 0.5) is 17.3 Å². The standard InChI is InChI=1S/C12H14N6O3/c13-17-12-10(18(19)20)11(15-8-16-12)14-6-7-21-9-4-2-1-3-5-9/h1-5,8H,6-7,13H2,(H2,14,15,16,17). The molecule has 1 aromatic heterocycles. The molecule has 1 heterocycles. The summed E-state index contributed by atoms with van der Waals surface area (Å²) < 4.78 is 5.47. The van der Waals surface area contributed by atoms with Crippen LogP contribution in [-0.2, 0) is 0 Å². The average Bonchev–Trinajstić information content (AvgIpc) is 2.52. The van der Waals surface area contributed by atoms with Crippen molar-refractivity contribution in [3.63, 3.8) is 0 Å². The second kappa shape index (κ2) is 7.01. The minimum atomic E-state index is -0.602. The Bertz CT molecular complexity index is 607. The number of aromatic nitrogens is 2. The zero-order valence-corrected chi connectivity index (χ0v) is 11.0. The number of nitro groups is 1. The predicted molar refractivity (Wildman–Crippen MR) is 76.9 cm³/mol. The van der Waals surface area contributed by atoms with Crippen molar-refractivity contribution >= 4 is 17.3 Å². The second-order valence-electron chi connectivity index (χ2n) is 3.91. The van der Waals surface area contributed by atoms with Crippen LogP contribution in [-0.4, -0.2) is 28.0 Å². The van der Waals surface area contributed by atoms with Crippen molar-refractivity contribution < 1.29 is 9.66 Å². The van der Waals surface area contributed by atoms with Gasteiger partial charge in [-0.1, -0.05) is 18.2 Å². The molecule has 4 N–H and O–H groups in total. The molecule has 9 nitrogen and oxygen atoms in total. The zero-order chi connectivity index (χ0) is 15.1. The van der Waals surface area contributed by atoms with E-state index in [9.17, 15) is 10.1 Å². The number of benzene rings is 1. The van der Waals surface area contributed by atoms with Crippen LogP contribution in [0.1, 0.15) is 0 Å². The number of nitrogens with zero attached hydrogens (tertiary/aromatic N) is 3. The molecule has 1 aromatic carbocycles. The first kappa shape index (κ1) is 14.5. The molecule has 0 amide bonds. The molecule has 2 rings (SSSR count). The van der Waals surface area contributed by atoms with E-state index in [1.165, 1.54) is 6.33 Å². The van der Waals surface area contributed by atoms with Gasteiger partial charge in [-0.25, -0.2) is 15.8 Å². The number of rotatable bonds is 7. The van der Waals surface area contributed by atoms with Crippen molar-refractivity contribution in [3.05, 3.63) is 46.8 Å². The van der Waals surface area contributed by atoms with Crippen LogP contribution in [0.25, 0.3) is 0 Å². The van der Waals surface area contributed by atoms with E-state index in [0.717, 1.165) is 5.75 Å². The molecular weight excluding hydrogens is 276 g/mol. The quantitative estimate of drug-likeness (QED) is 0.300. The van der Waals surface area contributed by atoms with Gasteiger partial charge in [-0.2, -0.15) is 0 Å². The molecule has 0 saturated heterocycles. The summed E-state index contributed by atoms with van der Waals surface area (Å²) in [5.41, 5.74) is 1.86. The van der Waals surface area contributed by atoms with Gasteiger partial charge in [-0.3, -0.25) is 10.1 Å². The number of para-hydroxylation sites is 1. The highest BCUT2D eigenvalue weighted by Crippen LogP contribution is 2.27. The fourth-order valence-electron chi connectivity index (χ4n) is 1.64. The van der Waals surface area contributed by atoms with Crippen molar-refractivity contribution in [2.75, 3.05) is 23.9 Å². The predicted octanol–water partition coefficient (Wildman–Crippen LogP) is 1.16. The normalized spacial score (nSPS) is 9.95. The zero-order valence-electron chi connectivity index (χ0n) is 11.0. The van der Waals surface area contributed by atoms with Gasteiger partial charge in [0.05, 0.1) is 11.5 Å². The van der Waals surface area contributed by atoms with E-state index in [1.807, 2.05) is 30.3 Å². The molecule has 0 aliphatic heterocycles. The van der Waals surface area contributed by atoms with Gasteiger partial charge in [0, 0.05) is 0 Å². The van der Waals surface area contributed by atoms with Crippen LogP contribution >= 0.6 is 0 Å². The maximum absolute atomic E-state index is 11.0. The Morgan fingerprint density at radius 2 is 1.95 bits per heavy atom. The van der Waals surface area contributed by atoms with Gasteiger partial charge in [0.15, 0.2) is 0 Å². The summed E-state index contributed by atoms with van der Waals surface area (Å²) in [5.74, 6) is 5.94. The van der Waals surface area contributed by atoms with E-state index in [2.05, 4.69) is 20.7 Å². The van der Waals surface area contributed by atoms with E-state index in [4.69, 9.17) is 10.6 Å². The van der Waals surface area contributed by atoms with Crippen molar-refractivity contribution in [1.29, 1.82) is 0 Å². The number of hydrazine groups is 1. The van der Waals surface area contributed by atoms with E-state index < -0.39 is 4.92 Å². The summed E-state index contributed by atoms with van der Waals surface area (Å²) in [7, 11) is 0. The number of anilines is 2. The van der Waals surface area contributed by atoms with Gasteiger partial charge in [0.2, 0.25) is 11.6 Å². The molecule has 0 spiro atoms. The fraction of sp³-hybridized carbons (Fsp3) is 0.167. The third kappa shape index (κ3) is 3.76. The smallest absolute Gasteiger partial charge is 0.354 e. The van der Waals surface area contributed by atoms with Crippen molar-refractivity contribution in [3.8, 4) is 5.75 Å². The number of ether oxygens (including phenoxy) is 1. The number of nitrogens with one attached hydrogen (secondary N) is 2. The molecule has 0 fully saturated rings. The van der Waals surface area contributed by atoms with Crippen LogP contribution < -0.4 is 21.3 Å². The van der Waals surface area contributed by atoms with Crippen molar-refractivity contribution in [1.82, 2.24) is 9.97 Å². The number of hydrogen-bond acceptors (Lipinski definition) is 8. The summed E-state index contributed by atoms with van der Waals surface area (Å²) in [4.78, 5) is 17.9. The highest BCUT2D eigenvalue weighted by Gasteiger charge is 2.21. The first-order chi connectivity index (χ1) is 10.2. The largest absolute Gasteiger partial charge is 0.492 e. The first-order valence-electron chi connectivity index (χ1n) is 6.10. The highest BCUT2D eigenvalue weighted by atomic mass is 16.6. The summed E-state index contributed by atoms with van der Waals surface area (Å²) in [5, 5.41) is 13.8. The molecule has 0 radical (unpaired) electrons. The summed E-state index contributed by atoms with van der Waals surface area (Å²) in [6.45, 7) is 0.674. The van der Waals surface area contributed by atoms with E-state index in [-0.39, 0.29) is 17.3 Å². The van der Waals surface area contributed by atoms with E-state index in [0.29, 0.717) is 13.2 Å². The second-order valence-corrected chi connectivity index (χ2v) is 3.91. The Morgan fingerprint density at radius 3 is 2.62 bits per heavy atom. The Kier molecular flexibility index (Phi) is 4.83. The number of nitrogen functional groups attached to an aromatic ring is 1. The minimum absolute atomic E-state index is 0.0542. The SMILES string of the molecule is NNc1ncnc(NCCOc2ccccc2)c1[N+](=O)[O-]. The van der Waals surface area contributed by atoms with Crippen LogP contribution in [0.2, 0.25) is 0 Å². The van der Waals surface area contributed by atoms with Crippen LogP contribution in [0.3, 0.4) is 0 Å². The minimum Gasteiger partial charge on any atom is -0.492 e. The molecule has 21 heavy (non-hydrogen) atoms. The molecule has 9 heteroatoms. The Labute approximate surface area is 120 Å². The third-order valence-electron chi connectivity index (χ3n) is 2.55.